The minimum absolute atomic E-state index is 0.108. The molecule has 0 heterocycles. The van der Waals surface area contributed by atoms with Crippen LogP contribution in [0.4, 0.5) is 4.39 Å². The molecule has 0 saturated carbocycles. The SMILES string of the molecule is CCOC(=O)[C@@H](F)[C@]1(O)CCCc2ccccc21. The molecule has 0 unspecified atom stereocenters. The Morgan fingerprint density at radius 2 is 2.28 bits per heavy atom. The molecule has 1 aliphatic rings. The summed E-state index contributed by atoms with van der Waals surface area (Å²) in [6.07, 6.45) is -0.329. The first kappa shape index (κ1) is 13.0. The Morgan fingerprint density at radius 3 is 3.00 bits per heavy atom. The summed E-state index contributed by atoms with van der Waals surface area (Å²) in [6.45, 7) is 1.72. The van der Waals surface area contributed by atoms with Crippen LogP contribution in [0.15, 0.2) is 24.3 Å². The van der Waals surface area contributed by atoms with Crippen LogP contribution in [0.5, 0.6) is 0 Å². The number of hydrogen-bond donors (Lipinski definition) is 1. The number of esters is 1. The van der Waals surface area contributed by atoms with Gasteiger partial charge in [-0.1, -0.05) is 24.3 Å². The molecule has 0 bridgehead atoms. The second-order valence-corrected chi connectivity index (χ2v) is 4.55. The lowest BCUT2D eigenvalue weighted by atomic mass is 9.76. The molecule has 98 valence electrons. The first-order valence-electron chi connectivity index (χ1n) is 6.21. The molecular formula is C14H17FO3. The van der Waals surface area contributed by atoms with Gasteiger partial charge in [-0.15, -0.1) is 0 Å². The van der Waals surface area contributed by atoms with Crippen molar-refractivity contribution >= 4 is 5.97 Å². The van der Waals surface area contributed by atoms with Crippen molar-refractivity contribution in [3.63, 3.8) is 0 Å². The summed E-state index contributed by atoms with van der Waals surface area (Å²) in [6, 6.07) is 7.13. The molecule has 0 radical (unpaired) electrons. The summed E-state index contributed by atoms with van der Waals surface area (Å²) in [7, 11) is 0. The third-order valence-electron chi connectivity index (χ3n) is 3.40. The zero-order chi connectivity index (χ0) is 13.2. The monoisotopic (exact) mass is 252 g/mol. The Morgan fingerprint density at radius 1 is 1.56 bits per heavy atom. The number of fused-ring (bicyclic) bond motifs is 1. The Kier molecular flexibility index (Phi) is 3.66. The number of carbonyl (C=O) groups excluding carboxylic acids is 1. The average molecular weight is 252 g/mol. The van der Waals surface area contributed by atoms with E-state index in [1.54, 1.807) is 19.1 Å². The molecule has 4 heteroatoms. The van der Waals surface area contributed by atoms with E-state index in [-0.39, 0.29) is 13.0 Å². The van der Waals surface area contributed by atoms with Gasteiger partial charge in [-0.3, -0.25) is 0 Å². The number of aryl methyl sites for hydroxylation is 1. The van der Waals surface area contributed by atoms with Crippen LogP contribution in [0.25, 0.3) is 0 Å². The second-order valence-electron chi connectivity index (χ2n) is 4.55. The predicted molar refractivity (Wildman–Crippen MR) is 64.8 cm³/mol. The van der Waals surface area contributed by atoms with Gasteiger partial charge in [0, 0.05) is 0 Å². The molecule has 0 aliphatic heterocycles. The van der Waals surface area contributed by atoms with Crippen LogP contribution in [0, 0.1) is 0 Å². The van der Waals surface area contributed by atoms with E-state index < -0.39 is 17.7 Å². The van der Waals surface area contributed by atoms with Gasteiger partial charge in [-0.05, 0) is 37.3 Å². The van der Waals surface area contributed by atoms with Crippen LogP contribution in [0.3, 0.4) is 0 Å². The number of carbonyl (C=O) groups is 1. The molecular weight excluding hydrogens is 235 g/mol. The van der Waals surface area contributed by atoms with E-state index in [2.05, 4.69) is 4.74 Å². The minimum atomic E-state index is -2.03. The molecule has 1 N–H and O–H groups in total. The van der Waals surface area contributed by atoms with E-state index in [0.29, 0.717) is 12.0 Å². The molecule has 0 saturated heterocycles. The fraction of sp³-hybridized carbons (Fsp3) is 0.500. The van der Waals surface area contributed by atoms with Crippen molar-refractivity contribution in [1.29, 1.82) is 0 Å². The van der Waals surface area contributed by atoms with Crippen molar-refractivity contribution in [1.82, 2.24) is 0 Å². The van der Waals surface area contributed by atoms with Crippen LogP contribution < -0.4 is 0 Å². The smallest absolute Gasteiger partial charge is 0.344 e. The van der Waals surface area contributed by atoms with Crippen LogP contribution >= 0.6 is 0 Å². The number of benzene rings is 1. The number of alkyl halides is 1. The zero-order valence-corrected chi connectivity index (χ0v) is 10.4. The summed E-state index contributed by atoms with van der Waals surface area (Å²) in [5, 5.41) is 10.5. The summed E-state index contributed by atoms with van der Waals surface area (Å²) in [4.78, 5) is 11.5. The van der Waals surface area contributed by atoms with Crippen molar-refractivity contribution in [2.45, 2.75) is 38.0 Å². The molecule has 0 aromatic heterocycles. The van der Waals surface area contributed by atoms with Crippen LogP contribution in [0.1, 0.15) is 30.9 Å². The minimum Gasteiger partial charge on any atom is -0.464 e. The first-order chi connectivity index (χ1) is 8.59. The normalized spacial score (nSPS) is 24.2. The van der Waals surface area contributed by atoms with Gasteiger partial charge in [0.05, 0.1) is 6.61 Å². The third kappa shape index (κ3) is 2.12. The maximum atomic E-state index is 14.2. The van der Waals surface area contributed by atoms with Crippen molar-refractivity contribution in [2.24, 2.45) is 0 Å². The van der Waals surface area contributed by atoms with E-state index in [1.165, 1.54) is 0 Å². The summed E-state index contributed by atoms with van der Waals surface area (Å²) in [5.41, 5.74) is -0.337. The Balaban J connectivity index is 2.34. The lowest BCUT2D eigenvalue weighted by molar-refractivity contribution is -0.163. The molecule has 2 rings (SSSR count). The van der Waals surface area contributed by atoms with Crippen molar-refractivity contribution in [3.8, 4) is 0 Å². The standard InChI is InChI=1S/C14H17FO3/c1-2-18-13(16)12(15)14(17)9-5-7-10-6-3-4-8-11(10)14/h3-4,6,8,12,17H,2,5,7,9H2,1H3/t12-,14+/m1/s1. The molecule has 1 aliphatic carbocycles. The number of hydrogen-bond acceptors (Lipinski definition) is 3. The Hall–Kier alpha value is -1.42. The van der Waals surface area contributed by atoms with E-state index in [9.17, 15) is 14.3 Å². The number of aliphatic hydroxyl groups is 1. The van der Waals surface area contributed by atoms with Gasteiger partial charge in [0.15, 0.2) is 0 Å². The van der Waals surface area contributed by atoms with Gasteiger partial charge in [0.2, 0.25) is 6.17 Å². The van der Waals surface area contributed by atoms with Gasteiger partial charge in [-0.25, -0.2) is 9.18 Å². The predicted octanol–water partition coefficient (Wildman–Crippen LogP) is 2.11. The fourth-order valence-electron chi connectivity index (χ4n) is 2.52. The molecule has 3 nitrogen and oxygen atoms in total. The van der Waals surface area contributed by atoms with Gasteiger partial charge >= 0.3 is 5.97 Å². The fourth-order valence-corrected chi connectivity index (χ4v) is 2.52. The number of ether oxygens (including phenoxy) is 1. The molecule has 2 atom stereocenters. The summed E-state index contributed by atoms with van der Waals surface area (Å²) in [5.74, 6) is -0.989. The number of rotatable bonds is 3. The van der Waals surface area contributed by atoms with Crippen molar-refractivity contribution in [3.05, 3.63) is 35.4 Å². The molecule has 0 fully saturated rings. The highest BCUT2D eigenvalue weighted by Gasteiger charge is 2.46. The highest BCUT2D eigenvalue weighted by Crippen LogP contribution is 2.39. The number of halogens is 1. The van der Waals surface area contributed by atoms with E-state index in [1.807, 2.05) is 12.1 Å². The van der Waals surface area contributed by atoms with Crippen molar-refractivity contribution in [2.75, 3.05) is 6.61 Å². The van der Waals surface area contributed by atoms with Gasteiger partial charge < -0.3 is 9.84 Å². The highest BCUT2D eigenvalue weighted by atomic mass is 19.1. The van der Waals surface area contributed by atoms with Crippen LogP contribution in [-0.2, 0) is 21.6 Å². The molecule has 0 amide bonds. The molecule has 0 spiro atoms. The van der Waals surface area contributed by atoms with Gasteiger partial charge in [0.1, 0.15) is 5.60 Å². The average Bonchev–Trinajstić information content (AvgIpc) is 2.39. The van der Waals surface area contributed by atoms with E-state index in [0.717, 1.165) is 12.0 Å². The van der Waals surface area contributed by atoms with E-state index >= 15 is 0 Å². The molecule has 1 aromatic rings. The third-order valence-corrected chi connectivity index (χ3v) is 3.40. The van der Waals surface area contributed by atoms with Crippen LogP contribution in [-0.4, -0.2) is 23.9 Å². The molecule has 1 aromatic carbocycles. The lowest BCUT2D eigenvalue weighted by Gasteiger charge is -2.35. The maximum absolute atomic E-state index is 14.2. The quantitative estimate of drug-likeness (QED) is 0.838. The van der Waals surface area contributed by atoms with Crippen molar-refractivity contribution < 1.29 is 19.0 Å². The largest absolute Gasteiger partial charge is 0.464 e. The van der Waals surface area contributed by atoms with Gasteiger partial charge in [-0.2, -0.15) is 0 Å². The van der Waals surface area contributed by atoms with Crippen LogP contribution in [0.2, 0.25) is 0 Å². The van der Waals surface area contributed by atoms with E-state index in [4.69, 9.17) is 0 Å². The second kappa shape index (κ2) is 5.06. The highest BCUT2D eigenvalue weighted by molar-refractivity contribution is 5.76. The maximum Gasteiger partial charge on any atom is 0.344 e. The van der Waals surface area contributed by atoms with Gasteiger partial charge in [0.25, 0.3) is 0 Å². The topological polar surface area (TPSA) is 46.5 Å². The Labute approximate surface area is 106 Å². The Bertz CT molecular complexity index is 446. The lowest BCUT2D eigenvalue weighted by Crippen LogP contribution is -2.45. The first-order valence-corrected chi connectivity index (χ1v) is 6.21. The summed E-state index contributed by atoms with van der Waals surface area (Å²) < 4.78 is 18.9. The zero-order valence-electron chi connectivity index (χ0n) is 10.4. The summed E-state index contributed by atoms with van der Waals surface area (Å²) >= 11 is 0. The molecule has 18 heavy (non-hydrogen) atoms.